The Balaban J connectivity index is 1.80. The van der Waals surface area contributed by atoms with E-state index in [0.29, 0.717) is 6.54 Å². The first-order chi connectivity index (χ1) is 11.1. The van der Waals surface area contributed by atoms with Crippen molar-refractivity contribution in [2.45, 2.75) is 58.0 Å². The number of likely N-dealkylation sites (tertiary alicyclic amines) is 2. The molecule has 0 radical (unpaired) electrons. The summed E-state index contributed by atoms with van der Waals surface area (Å²) in [7, 11) is 0. The van der Waals surface area contributed by atoms with Gasteiger partial charge in [-0.25, -0.2) is 4.98 Å². The third kappa shape index (κ3) is 2.75. The largest absolute Gasteiger partial charge is 0.341 e. The van der Waals surface area contributed by atoms with Crippen molar-refractivity contribution in [1.82, 2.24) is 19.4 Å². The molecule has 3 heterocycles. The average Bonchev–Trinajstić information content (AvgIpc) is 3.12. The fourth-order valence-electron chi connectivity index (χ4n) is 4.07. The zero-order valence-electron chi connectivity index (χ0n) is 14.1. The summed E-state index contributed by atoms with van der Waals surface area (Å²) in [5.74, 6) is 1.03. The molecule has 23 heavy (non-hydrogen) atoms. The van der Waals surface area contributed by atoms with E-state index < -0.39 is 5.54 Å². The number of carbonyl (C=O) groups excluding carboxylic acids is 2. The first kappa shape index (κ1) is 16.0. The van der Waals surface area contributed by atoms with Crippen molar-refractivity contribution < 1.29 is 9.59 Å². The first-order valence-corrected chi connectivity index (χ1v) is 8.66. The van der Waals surface area contributed by atoms with Crippen LogP contribution in [0.1, 0.15) is 44.9 Å². The van der Waals surface area contributed by atoms with Gasteiger partial charge < -0.3 is 14.4 Å². The molecule has 2 aliphatic heterocycles. The highest BCUT2D eigenvalue weighted by molar-refractivity contribution is 5.92. The summed E-state index contributed by atoms with van der Waals surface area (Å²) in [6, 6.07) is 0. The summed E-state index contributed by atoms with van der Waals surface area (Å²) in [5, 5.41) is 0. The van der Waals surface area contributed by atoms with Gasteiger partial charge in [0.25, 0.3) is 0 Å². The predicted molar refractivity (Wildman–Crippen MR) is 86.7 cm³/mol. The van der Waals surface area contributed by atoms with Gasteiger partial charge >= 0.3 is 0 Å². The molecule has 2 amide bonds. The summed E-state index contributed by atoms with van der Waals surface area (Å²) in [5.41, 5.74) is -0.584. The summed E-state index contributed by atoms with van der Waals surface area (Å²) in [6.45, 7) is 6.57. The minimum absolute atomic E-state index is 0.0373. The van der Waals surface area contributed by atoms with E-state index in [1.807, 2.05) is 27.5 Å². The Morgan fingerprint density at radius 2 is 2.04 bits per heavy atom. The van der Waals surface area contributed by atoms with E-state index >= 15 is 0 Å². The third-order valence-corrected chi connectivity index (χ3v) is 5.22. The summed E-state index contributed by atoms with van der Waals surface area (Å²) in [4.78, 5) is 33.9. The van der Waals surface area contributed by atoms with E-state index in [1.54, 1.807) is 6.20 Å². The molecule has 3 rings (SSSR count). The zero-order valence-corrected chi connectivity index (χ0v) is 14.1. The molecule has 1 spiro atoms. The second kappa shape index (κ2) is 6.34. The molecule has 0 saturated carbocycles. The lowest BCUT2D eigenvalue weighted by Crippen LogP contribution is -2.61. The van der Waals surface area contributed by atoms with Crippen molar-refractivity contribution >= 4 is 11.8 Å². The third-order valence-electron chi connectivity index (χ3n) is 5.22. The maximum absolute atomic E-state index is 13.0. The molecule has 0 aromatic carbocycles. The Labute approximate surface area is 137 Å². The standard InChI is InChI=1S/C17H26N4O2/c1-3-9-19-10-4-6-17(16(19)23)7-5-11-21(17)15(22)13-20-12-8-18-14(20)2/h8,12H,3-7,9-11,13H2,1-2H3. The number of nitrogens with zero attached hydrogens (tertiary/aromatic N) is 4. The minimum Gasteiger partial charge on any atom is -0.341 e. The molecule has 2 aliphatic rings. The normalized spacial score (nSPS) is 24.7. The van der Waals surface area contributed by atoms with E-state index in [-0.39, 0.29) is 18.4 Å². The van der Waals surface area contributed by atoms with Gasteiger partial charge in [-0.15, -0.1) is 0 Å². The van der Waals surface area contributed by atoms with Gasteiger partial charge in [0.05, 0.1) is 0 Å². The first-order valence-electron chi connectivity index (χ1n) is 8.66. The van der Waals surface area contributed by atoms with Crippen LogP contribution in [0.25, 0.3) is 0 Å². The van der Waals surface area contributed by atoms with Gasteiger partial charge in [0, 0.05) is 32.0 Å². The van der Waals surface area contributed by atoms with Crippen LogP contribution >= 0.6 is 0 Å². The molecular weight excluding hydrogens is 292 g/mol. The Kier molecular flexibility index (Phi) is 4.41. The average molecular weight is 318 g/mol. The quantitative estimate of drug-likeness (QED) is 0.847. The van der Waals surface area contributed by atoms with E-state index in [4.69, 9.17) is 0 Å². The SMILES string of the molecule is CCCN1CCCC2(CCCN2C(=O)Cn2ccnc2C)C1=O. The second-order valence-electron chi connectivity index (χ2n) is 6.68. The van der Waals surface area contributed by atoms with Crippen LogP contribution in [0.2, 0.25) is 0 Å². The van der Waals surface area contributed by atoms with Crippen molar-refractivity contribution in [2.75, 3.05) is 19.6 Å². The summed E-state index contributed by atoms with van der Waals surface area (Å²) < 4.78 is 1.85. The Bertz CT molecular complexity index is 595. The van der Waals surface area contributed by atoms with Crippen LogP contribution in [0.15, 0.2) is 12.4 Å². The molecule has 2 fully saturated rings. The predicted octanol–water partition coefficient (Wildman–Crippen LogP) is 1.59. The molecule has 6 nitrogen and oxygen atoms in total. The number of hydrogen-bond acceptors (Lipinski definition) is 3. The number of carbonyl (C=O) groups is 2. The number of imidazole rings is 1. The van der Waals surface area contributed by atoms with E-state index in [0.717, 1.165) is 51.0 Å². The lowest BCUT2D eigenvalue weighted by Gasteiger charge is -2.44. The highest BCUT2D eigenvalue weighted by atomic mass is 16.2. The molecule has 1 atom stereocenters. The van der Waals surface area contributed by atoms with Crippen LogP contribution in [-0.2, 0) is 16.1 Å². The highest BCUT2D eigenvalue weighted by Crippen LogP contribution is 2.38. The molecule has 0 aliphatic carbocycles. The van der Waals surface area contributed by atoms with E-state index in [1.165, 1.54) is 0 Å². The molecule has 126 valence electrons. The van der Waals surface area contributed by atoms with E-state index in [9.17, 15) is 9.59 Å². The lowest BCUT2D eigenvalue weighted by atomic mass is 9.85. The molecule has 1 aromatic heterocycles. The van der Waals surface area contributed by atoms with Crippen LogP contribution in [0.3, 0.4) is 0 Å². The van der Waals surface area contributed by atoms with Gasteiger partial charge in [-0.05, 0) is 39.0 Å². The minimum atomic E-state index is -0.584. The molecular formula is C17H26N4O2. The van der Waals surface area contributed by atoms with Gasteiger partial charge in [-0.1, -0.05) is 6.92 Å². The lowest BCUT2D eigenvalue weighted by molar-refractivity contribution is -0.155. The topological polar surface area (TPSA) is 58.4 Å². The number of hydrogen-bond donors (Lipinski definition) is 0. The molecule has 0 N–H and O–H groups in total. The monoisotopic (exact) mass is 318 g/mol. The fourth-order valence-corrected chi connectivity index (χ4v) is 4.07. The van der Waals surface area contributed by atoms with Crippen LogP contribution in [-0.4, -0.2) is 56.3 Å². The van der Waals surface area contributed by atoms with Crippen molar-refractivity contribution in [1.29, 1.82) is 0 Å². The van der Waals surface area contributed by atoms with Crippen molar-refractivity contribution in [3.05, 3.63) is 18.2 Å². The van der Waals surface area contributed by atoms with Gasteiger partial charge in [0.1, 0.15) is 17.9 Å². The number of aromatic nitrogens is 2. The van der Waals surface area contributed by atoms with Crippen molar-refractivity contribution in [2.24, 2.45) is 0 Å². The highest BCUT2D eigenvalue weighted by Gasteiger charge is 2.52. The molecule has 0 bridgehead atoms. The molecule has 2 saturated heterocycles. The van der Waals surface area contributed by atoms with Crippen LogP contribution in [0, 0.1) is 6.92 Å². The smallest absolute Gasteiger partial charge is 0.248 e. The van der Waals surface area contributed by atoms with Crippen LogP contribution < -0.4 is 0 Å². The number of aryl methyl sites for hydroxylation is 1. The van der Waals surface area contributed by atoms with Gasteiger partial charge in [0.2, 0.25) is 11.8 Å². The molecule has 1 unspecified atom stereocenters. The Hall–Kier alpha value is -1.85. The van der Waals surface area contributed by atoms with Crippen molar-refractivity contribution in [3.8, 4) is 0 Å². The van der Waals surface area contributed by atoms with Gasteiger partial charge in [-0.2, -0.15) is 0 Å². The van der Waals surface area contributed by atoms with Crippen LogP contribution in [0.5, 0.6) is 0 Å². The van der Waals surface area contributed by atoms with Crippen LogP contribution in [0.4, 0.5) is 0 Å². The number of amides is 2. The molecule has 6 heteroatoms. The number of rotatable bonds is 4. The Morgan fingerprint density at radius 3 is 2.70 bits per heavy atom. The zero-order chi connectivity index (χ0) is 16.4. The van der Waals surface area contributed by atoms with E-state index in [2.05, 4.69) is 11.9 Å². The molecule has 1 aromatic rings. The second-order valence-corrected chi connectivity index (χ2v) is 6.68. The Morgan fingerprint density at radius 1 is 1.30 bits per heavy atom. The van der Waals surface area contributed by atoms with Crippen molar-refractivity contribution in [3.63, 3.8) is 0 Å². The fraction of sp³-hybridized carbons (Fsp3) is 0.706. The van der Waals surface area contributed by atoms with Gasteiger partial charge in [-0.3, -0.25) is 9.59 Å². The summed E-state index contributed by atoms with van der Waals surface area (Å²) in [6.07, 6.45) is 8.00. The van der Waals surface area contributed by atoms with Gasteiger partial charge in [0.15, 0.2) is 0 Å². The summed E-state index contributed by atoms with van der Waals surface area (Å²) >= 11 is 0. The maximum atomic E-state index is 13.0. The number of piperidine rings is 1. The maximum Gasteiger partial charge on any atom is 0.248 e.